The van der Waals surface area contributed by atoms with E-state index in [1.807, 2.05) is 13.8 Å². The Balaban J connectivity index is 3.25. The van der Waals surface area contributed by atoms with Crippen LogP contribution in [0.3, 0.4) is 0 Å². The molecule has 0 atom stereocenters. The van der Waals surface area contributed by atoms with E-state index >= 15 is 0 Å². The molecule has 0 bridgehead atoms. The van der Waals surface area contributed by atoms with Gasteiger partial charge in [0.05, 0.1) is 5.88 Å². The van der Waals surface area contributed by atoms with Gasteiger partial charge in [0.15, 0.2) is 3.83 Å². The summed E-state index contributed by atoms with van der Waals surface area (Å²) in [5, 5.41) is 0. The summed E-state index contributed by atoms with van der Waals surface area (Å²) in [4.78, 5) is 8.39. The number of aryl methyl sites for hydroxylation is 2. The number of hydrogen-bond acceptors (Lipinski definition) is 2. The number of aromatic nitrogens is 2. The Hall–Kier alpha value is 0.1000. The number of rotatable bonds is 1. The van der Waals surface area contributed by atoms with E-state index in [0.29, 0.717) is 5.88 Å². The standard InChI is InChI=1S/C7H8ClIN2/c1-4-6(3-8)5(2)11-7(9)10-4/h3H2,1-2H3. The lowest BCUT2D eigenvalue weighted by atomic mass is 10.2. The van der Waals surface area contributed by atoms with E-state index in [-0.39, 0.29) is 0 Å². The van der Waals surface area contributed by atoms with Crippen molar-refractivity contribution in [3.05, 3.63) is 20.8 Å². The third-order valence-electron chi connectivity index (χ3n) is 1.53. The Kier molecular flexibility index (Phi) is 3.06. The second kappa shape index (κ2) is 3.67. The number of hydrogen-bond donors (Lipinski definition) is 0. The first-order chi connectivity index (χ1) is 5.15. The lowest BCUT2D eigenvalue weighted by Crippen LogP contribution is -2.00. The highest BCUT2D eigenvalue weighted by atomic mass is 127. The average Bonchev–Trinajstić information content (AvgIpc) is 1.85. The summed E-state index contributed by atoms with van der Waals surface area (Å²) >= 11 is 7.81. The van der Waals surface area contributed by atoms with Crippen LogP contribution < -0.4 is 0 Å². The summed E-state index contributed by atoms with van der Waals surface area (Å²) in [5.41, 5.74) is 3.01. The second-order valence-corrected chi connectivity index (χ2v) is 3.51. The number of halogens is 2. The van der Waals surface area contributed by atoms with Crippen molar-refractivity contribution in [3.8, 4) is 0 Å². The van der Waals surface area contributed by atoms with Crippen molar-refractivity contribution >= 4 is 34.2 Å². The van der Waals surface area contributed by atoms with E-state index in [0.717, 1.165) is 20.8 Å². The van der Waals surface area contributed by atoms with E-state index in [9.17, 15) is 0 Å². The smallest absolute Gasteiger partial charge is 0.191 e. The van der Waals surface area contributed by atoms with E-state index < -0.39 is 0 Å². The summed E-state index contributed by atoms with van der Waals surface area (Å²) in [6.07, 6.45) is 0. The minimum atomic E-state index is 0.495. The van der Waals surface area contributed by atoms with Gasteiger partial charge in [-0.25, -0.2) is 9.97 Å². The van der Waals surface area contributed by atoms with Crippen LogP contribution in [0, 0.1) is 17.7 Å². The van der Waals surface area contributed by atoms with Gasteiger partial charge in [-0.05, 0) is 13.8 Å². The first-order valence-corrected chi connectivity index (χ1v) is 4.82. The van der Waals surface area contributed by atoms with Crippen LogP contribution in [-0.4, -0.2) is 9.97 Å². The molecule has 1 aromatic heterocycles. The normalized spacial score (nSPS) is 10.2. The topological polar surface area (TPSA) is 25.8 Å². The van der Waals surface area contributed by atoms with Crippen LogP contribution in [-0.2, 0) is 5.88 Å². The molecular formula is C7H8ClIN2. The molecule has 0 spiro atoms. The maximum Gasteiger partial charge on any atom is 0.191 e. The fourth-order valence-corrected chi connectivity index (χ4v) is 2.00. The van der Waals surface area contributed by atoms with Crippen LogP contribution >= 0.6 is 34.2 Å². The highest BCUT2D eigenvalue weighted by Crippen LogP contribution is 2.13. The molecule has 60 valence electrons. The summed E-state index contributed by atoms with van der Waals surface area (Å²) in [7, 11) is 0. The lowest BCUT2D eigenvalue weighted by molar-refractivity contribution is 0.967. The van der Waals surface area contributed by atoms with Crippen molar-refractivity contribution in [1.29, 1.82) is 0 Å². The van der Waals surface area contributed by atoms with E-state index in [2.05, 4.69) is 32.6 Å². The third kappa shape index (κ3) is 2.02. The van der Waals surface area contributed by atoms with Gasteiger partial charge in [-0.2, -0.15) is 0 Å². The Labute approximate surface area is 84.5 Å². The molecule has 0 fully saturated rings. The van der Waals surface area contributed by atoms with Crippen molar-refractivity contribution in [2.24, 2.45) is 0 Å². The van der Waals surface area contributed by atoms with Gasteiger partial charge in [0.2, 0.25) is 0 Å². The van der Waals surface area contributed by atoms with Gasteiger partial charge in [0.25, 0.3) is 0 Å². The van der Waals surface area contributed by atoms with Crippen LogP contribution in [0.25, 0.3) is 0 Å². The summed E-state index contributed by atoms with van der Waals surface area (Å²) in [6, 6.07) is 0. The van der Waals surface area contributed by atoms with Gasteiger partial charge >= 0.3 is 0 Å². The van der Waals surface area contributed by atoms with Crippen molar-refractivity contribution < 1.29 is 0 Å². The van der Waals surface area contributed by atoms with Gasteiger partial charge in [0, 0.05) is 39.5 Å². The molecule has 0 aliphatic rings. The molecule has 0 N–H and O–H groups in total. The highest BCUT2D eigenvalue weighted by Gasteiger charge is 2.04. The van der Waals surface area contributed by atoms with Crippen LogP contribution in [0.15, 0.2) is 0 Å². The maximum absolute atomic E-state index is 5.71. The van der Waals surface area contributed by atoms with Crippen molar-refractivity contribution in [1.82, 2.24) is 9.97 Å². The maximum atomic E-state index is 5.71. The number of nitrogens with zero attached hydrogens (tertiary/aromatic N) is 2. The van der Waals surface area contributed by atoms with Gasteiger partial charge < -0.3 is 0 Å². The molecule has 4 heteroatoms. The largest absolute Gasteiger partial charge is 0.228 e. The van der Waals surface area contributed by atoms with Gasteiger partial charge in [-0.3, -0.25) is 0 Å². The predicted octanol–water partition coefficient (Wildman–Crippen LogP) is 2.44. The van der Waals surface area contributed by atoms with Crippen LogP contribution in [0.5, 0.6) is 0 Å². The number of alkyl halides is 1. The molecule has 2 nitrogen and oxygen atoms in total. The molecule has 0 saturated heterocycles. The Bertz CT molecular complexity index is 252. The Morgan fingerprint density at radius 3 is 2.09 bits per heavy atom. The molecule has 0 radical (unpaired) electrons. The van der Waals surface area contributed by atoms with Crippen LogP contribution in [0.2, 0.25) is 0 Å². The molecule has 0 aromatic carbocycles. The average molecular weight is 283 g/mol. The molecule has 0 aliphatic heterocycles. The Morgan fingerprint density at radius 2 is 1.73 bits per heavy atom. The van der Waals surface area contributed by atoms with Crippen molar-refractivity contribution in [2.75, 3.05) is 0 Å². The van der Waals surface area contributed by atoms with Crippen LogP contribution in [0.4, 0.5) is 0 Å². The first kappa shape index (κ1) is 9.19. The molecule has 0 unspecified atom stereocenters. The summed E-state index contributed by atoms with van der Waals surface area (Å²) in [5.74, 6) is 0.495. The fourth-order valence-electron chi connectivity index (χ4n) is 0.892. The van der Waals surface area contributed by atoms with Gasteiger partial charge in [-0.1, -0.05) is 0 Å². The lowest BCUT2D eigenvalue weighted by Gasteiger charge is -2.04. The minimum absolute atomic E-state index is 0.495. The molecular weight excluding hydrogens is 274 g/mol. The fraction of sp³-hybridized carbons (Fsp3) is 0.429. The molecule has 1 aromatic rings. The van der Waals surface area contributed by atoms with E-state index in [1.54, 1.807) is 0 Å². The zero-order chi connectivity index (χ0) is 8.43. The molecule has 0 saturated carbocycles. The minimum Gasteiger partial charge on any atom is -0.228 e. The zero-order valence-electron chi connectivity index (χ0n) is 6.36. The van der Waals surface area contributed by atoms with E-state index in [4.69, 9.17) is 11.6 Å². The molecule has 1 rings (SSSR count). The molecule has 1 heterocycles. The quantitative estimate of drug-likeness (QED) is 0.449. The van der Waals surface area contributed by atoms with E-state index in [1.165, 1.54) is 0 Å². The molecule has 0 amide bonds. The third-order valence-corrected chi connectivity index (χ3v) is 2.28. The Morgan fingerprint density at radius 1 is 1.27 bits per heavy atom. The SMILES string of the molecule is Cc1nc(I)nc(C)c1CCl. The summed E-state index contributed by atoms with van der Waals surface area (Å²) in [6.45, 7) is 3.91. The molecule has 0 aliphatic carbocycles. The first-order valence-electron chi connectivity index (χ1n) is 3.20. The van der Waals surface area contributed by atoms with Crippen LogP contribution in [0.1, 0.15) is 17.0 Å². The monoisotopic (exact) mass is 282 g/mol. The van der Waals surface area contributed by atoms with Crippen molar-refractivity contribution in [3.63, 3.8) is 0 Å². The highest BCUT2D eigenvalue weighted by molar-refractivity contribution is 14.1. The molecule has 11 heavy (non-hydrogen) atoms. The van der Waals surface area contributed by atoms with Gasteiger partial charge in [-0.15, -0.1) is 11.6 Å². The summed E-state index contributed by atoms with van der Waals surface area (Å²) < 4.78 is 0.784. The predicted molar refractivity (Wildman–Crippen MR) is 53.8 cm³/mol. The second-order valence-electron chi connectivity index (χ2n) is 2.28. The van der Waals surface area contributed by atoms with Crippen molar-refractivity contribution in [2.45, 2.75) is 19.7 Å². The zero-order valence-corrected chi connectivity index (χ0v) is 9.27. The van der Waals surface area contributed by atoms with Gasteiger partial charge in [0.1, 0.15) is 0 Å².